The maximum Gasteiger partial charge on any atom is 0.231 e. The molecule has 0 aliphatic carbocycles. The van der Waals surface area contributed by atoms with Gasteiger partial charge in [0.05, 0.1) is 17.8 Å². The smallest absolute Gasteiger partial charge is 0.231 e. The predicted molar refractivity (Wildman–Crippen MR) is 128 cm³/mol. The summed E-state index contributed by atoms with van der Waals surface area (Å²) in [6.45, 7) is 9.93. The Labute approximate surface area is 194 Å². The van der Waals surface area contributed by atoms with Gasteiger partial charge in [-0.2, -0.15) is 0 Å². The molecule has 6 nitrogen and oxygen atoms in total. The number of aryl methyl sites for hydroxylation is 1. The number of aromatic nitrogens is 2. The lowest BCUT2D eigenvalue weighted by Gasteiger charge is -2.29. The molecule has 2 aliphatic heterocycles. The van der Waals surface area contributed by atoms with Crippen molar-refractivity contribution in [1.29, 1.82) is 0 Å². The molecule has 7 heteroatoms. The Morgan fingerprint density at radius 2 is 1.94 bits per heavy atom. The lowest BCUT2D eigenvalue weighted by molar-refractivity contribution is 0.174. The first-order valence-corrected chi connectivity index (χ1v) is 11.4. The van der Waals surface area contributed by atoms with Gasteiger partial charge in [0.25, 0.3) is 0 Å². The molecule has 0 radical (unpaired) electrons. The number of nitrogens with one attached hydrogen (secondary N) is 1. The molecule has 5 rings (SSSR count). The third-order valence-electron chi connectivity index (χ3n) is 6.16. The average Bonchev–Trinajstić information content (AvgIpc) is 3.44. The molecule has 32 heavy (non-hydrogen) atoms. The summed E-state index contributed by atoms with van der Waals surface area (Å²) >= 11 is 5.79. The van der Waals surface area contributed by atoms with Crippen molar-refractivity contribution < 1.29 is 9.47 Å². The summed E-state index contributed by atoms with van der Waals surface area (Å²) in [5, 5.41) is 4.34. The third-order valence-corrected chi connectivity index (χ3v) is 6.52. The summed E-state index contributed by atoms with van der Waals surface area (Å²) < 4.78 is 13.4. The van der Waals surface area contributed by atoms with Gasteiger partial charge in [-0.3, -0.25) is 4.98 Å². The molecule has 1 N–H and O–H groups in total. The Kier molecular flexibility index (Phi) is 5.29. The molecule has 2 atom stereocenters. The summed E-state index contributed by atoms with van der Waals surface area (Å²) in [6, 6.07) is 14.5. The number of pyridine rings is 1. The van der Waals surface area contributed by atoms with Crippen molar-refractivity contribution in [3.05, 3.63) is 71.3 Å². The normalized spacial score (nSPS) is 19.7. The Morgan fingerprint density at radius 1 is 1.12 bits per heavy atom. The second kappa shape index (κ2) is 8.13. The summed E-state index contributed by atoms with van der Waals surface area (Å²) in [6.07, 6.45) is 1.85. The van der Waals surface area contributed by atoms with Crippen molar-refractivity contribution in [1.82, 2.24) is 19.8 Å². The zero-order chi connectivity index (χ0) is 22.4. The Bertz CT molecular complexity index is 1160. The molecule has 1 aromatic carbocycles. The Balaban J connectivity index is 1.61. The molecule has 2 aliphatic rings. The fourth-order valence-corrected chi connectivity index (χ4v) is 5.16. The van der Waals surface area contributed by atoms with Gasteiger partial charge in [-0.1, -0.05) is 19.9 Å². The monoisotopic (exact) mass is 448 g/mol. The molecular formula is C25H28N4O2S. The summed E-state index contributed by atoms with van der Waals surface area (Å²) in [7, 11) is 0. The Morgan fingerprint density at radius 3 is 2.69 bits per heavy atom. The summed E-state index contributed by atoms with van der Waals surface area (Å²) in [4.78, 5) is 6.98. The van der Waals surface area contributed by atoms with Crippen molar-refractivity contribution in [2.75, 3.05) is 13.3 Å². The van der Waals surface area contributed by atoms with Gasteiger partial charge in [0, 0.05) is 35.9 Å². The van der Waals surface area contributed by atoms with Crippen LogP contribution in [-0.2, 0) is 0 Å². The number of thiocarbonyl (C=S) groups is 1. The van der Waals surface area contributed by atoms with Gasteiger partial charge in [-0.25, -0.2) is 0 Å². The van der Waals surface area contributed by atoms with Crippen molar-refractivity contribution in [3.63, 3.8) is 0 Å². The van der Waals surface area contributed by atoms with Crippen LogP contribution in [-0.4, -0.2) is 32.9 Å². The minimum atomic E-state index is -0.00634. The van der Waals surface area contributed by atoms with Gasteiger partial charge in [-0.05, 0) is 67.9 Å². The van der Waals surface area contributed by atoms with E-state index in [1.807, 2.05) is 30.5 Å². The quantitative estimate of drug-likeness (QED) is 0.564. The van der Waals surface area contributed by atoms with Crippen LogP contribution < -0.4 is 14.8 Å². The predicted octanol–water partition coefficient (Wildman–Crippen LogP) is 4.85. The van der Waals surface area contributed by atoms with Crippen molar-refractivity contribution in [2.45, 2.75) is 39.8 Å². The lowest BCUT2D eigenvalue weighted by Crippen LogP contribution is -2.33. The molecule has 3 aromatic rings. The third kappa shape index (κ3) is 3.50. The number of ether oxygens (including phenoxy) is 2. The molecule has 0 amide bonds. The van der Waals surface area contributed by atoms with Crippen LogP contribution in [0.3, 0.4) is 0 Å². The van der Waals surface area contributed by atoms with Gasteiger partial charge in [0.15, 0.2) is 16.6 Å². The topological polar surface area (TPSA) is 51.6 Å². The summed E-state index contributed by atoms with van der Waals surface area (Å²) in [5.41, 5.74) is 5.67. The van der Waals surface area contributed by atoms with E-state index in [4.69, 9.17) is 21.7 Å². The molecule has 0 unspecified atom stereocenters. The highest BCUT2D eigenvalue weighted by molar-refractivity contribution is 7.80. The van der Waals surface area contributed by atoms with Gasteiger partial charge in [-0.15, -0.1) is 0 Å². The van der Waals surface area contributed by atoms with Crippen LogP contribution in [0.25, 0.3) is 5.69 Å². The number of hydrogen-bond acceptors (Lipinski definition) is 4. The Hall–Kier alpha value is -3.06. The van der Waals surface area contributed by atoms with E-state index in [0.29, 0.717) is 5.92 Å². The van der Waals surface area contributed by atoms with E-state index in [1.54, 1.807) is 0 Å². The van der Waals surface area contributed by atoms with Crippen LogP contribution in [0.4, 0.5) is 0 Å². The van der Waals surface area contributed by atoms with Crippen LogP contribution in [0.15, 0.2) is 48.7 Å². The minimum Gasteiger partial charge on any atom is -0.454 e. The molecule has 0 spiro atoms. The zero-order valence-electron chi connectivity index (χ0n) is 18.8. The van der Waals surface area contributed by atoms with Gasteiger partial charge >= 0.3 is 0 Å². The fraction of sp³-hybridized carbons (Fsp3) is 0.360. The summed E-state index contributed by atoms with van der Waals surface area (Å²) in [5.74, 6) is 2.06. The van der Waals surface area contributed by atoms with Crippen LogP contribution >= 0.6 is 12.2 Å². The maximum absolute atomic E-state index is 5.79. The van der Waals surface area contributed by atoms with E-state index in [9.17, 15) is 0 Å². The van der Waals surface area contributed by atoms with Crippen molar-refractivity contribution in [2.24, 2.45) is 5.92 Å². The number of hydrogen-bond donors (Lipinski definition) is 1. The van der Waals surface area contributed by atoms with Gasteiger partial charge < -0.3 is 24.3 Å². The first kappa shape index (κ1) is 20.8. The second-order valence-corrected chi connectivity index (χ2v) is 9.26. The molecule has 0 bridgehead atoms. The van der Waals surface area contributed by atoms with Crippen LogP contribution in [0, 0.1) is 19.8 Å². The standard InChI is InChI=1S/C25H28N4O2S/c1-15(2)13-28-24(23(27-25(28)32)20-7-5-6-10-26-20)19-11-16(3)29(17(19)4)18-8-9-21-22(12-18)31-14-30-21/h5-12,15,23-24H,13-14H2,1-4H3,(H,27,32)/t23-,24-/m1/s1. The van der Waals surface area contributed by atoms with E-state index in [1.165, 1.54) is 17.0 Å². The number of rotatable bonds is 5. The van der Waals surface area contributed by atoms with Crippen molar-refractivity contribution in [3.8, 4) is 17.2 Å². The highest BCUT2D eigenvalue weighted by Gasteiger charge is 2.41. The van der Waals surface area contributed by atoms with Gasteiger partial charge in [0.1, 0.15) is 0 Å². The first-order chi connectivity index (χ1) is 15.4. The lowest BCUT2D eigenvalue weighted by atomic mass is 9.96. The van der Waals surface area contributed by atoms with E-state index in [0.717, 1.165) is 34.5 Å². The number of fused-ring (bicyclic) bond motifs is 1. The number of nitrogens with zero attached hydrogens (tertiary/aromatic N) is 3. The molecule has 2 aromatic heterocycles. The molecular weight excluding hydrogens is 420 g/mol. The highest BCUT2D eigenvalue weighted by atomic mass is 32.1. The van der Waals surface area contributed by atoms with Crippen LogP contribution in [0.2, 0.25) is 0 Å². The first-order valence-electron chi connectivity index (χ1n) is 11.0. The molecule has 1 fully saturated rings. The van der Waals surface area contributed by atoms with E-state index < -0.39 is 0 Å². The second-order valence-electron chi connectivity index (χ2n) is 8.87. The average molecular weight is 449 g/mol. The van der Waals surface area contributed by atoms with Crippen molar-refractivity contribution >= 4 is 17.3 Å². The fourth-order valence-electron chi connectivity index (χ4n) is 4.84. The van der Waals surface area contributed by atoms with E-state index >= 15 is 0 Å². The van der Waals surface area contributed by atoms with Crippen LogP contribution in [0.5, 0.6) is 11.5 Å². The van der Waals surface area contributed by atoms with Gasteiger partial charge in [0.2, 0.25) is 6.79 Å². The maximum atomic E-state index is 5.79. The van der Waals surface area contributed by atoms with E-state index in [-0.39, 0.29) is 18.9 Å². The molecule has 166 valence electrons. The molecule has 4 heterocycles. The largest absolute Gasteiger partial charge is 0.454 e. The number of benzene rings is 1. The zero-order valence-corrected chi connectivity index (χ0v) is 19.6. The SMILES string of the molecule is Cc1cc([C@@H]2[C@@H](c3ccccn3)NC(=S)N2CC(C)C)c(C)n1-c1ccc2c(c1)OCO2. The highest BCUT2D eigenvalue weighted by Crippen LogP contribution is 2.42. The molecule has 1 saturated heterocycles. The van der Waals surface area contributed by atoms with E-state index in [2.05, 4.69) is 65.7 Å². The minimum absolute atomic E-state index is 0.00634. The van der Waals surface area contributed by atoms with Crippen LogP contribution in [0.1, 0.15) is 48.6 Å². The molecule has 0 saturated carbocycles.